The van der Waals surface area contributed by atoms with Crippen LogP contribution < -0.4 is 10.2 Å². The van der Waals surface area contributed by atoms with Crippen molar-refractivity contribution in [1.29, 1.82) is 0 Å². The minimum Gasteiger partial charge on any atom is -0.396 e. The van der Waals surface area contributed by atoms with Crippen LogP contribution in [0.25, 0.3) is 0 Å². The molecule has 0 saturated carbocycles. The summed E-state index contributed by atoms with van der Waals surface area (Å²) in [5.41, 5.74) is 1.67. The van der Waals surface area contributed by atoms with Gasteiger partial charge in [0, 0.05) is 19.7 Å². The number of carbonyl (C=O) groups excluding carboxylic acids is 1. The Morgan fingerprint density at radius 3 is 2.91 bits per heavy atom. The topological polar surface area (TPSA) is 52.6 Å². The van der Waals surface area contributed by atoms with Crippen molar-refractivity contribution in [2.24, 2.45) is 11.8 Å². The van der Waals surface area contributed by atoms with Crippen molar-refractivity contribution in [2.45, 2.75) is 33.1 Å². The number of carbonyl (C=O) groups is 1. The standard InChI is InChI=1S/C17H25FN2O2/c1-12(2)9-13(6-8-21)11-19-17(22)20-7-5-14-3-4-15(18)10-16(14)20/h3-4,10,12-13,21H,5-9,11H2,1-2H3,(H,19,22). The number of nitrogens with zero attached hydrogens (tertiary/aromatic N) is 1. The van der Waals surface area contributed by atoms with Crippen LogP contribution in [-0.4, -0.2) is 30.8 Å². The summed E-state index contributed by atoms with van der Waals surface area (Å²) in [6, 6.07) is 4.41. The molecule has 2 amide bonds. The highest BCUT2D eigenvalue weighted by molar-refractivity contribution is 5.94. The SMILES string of the molecule is CC(C)CC(CCO)CNC(=O)N1CCc2ccc(F)cc21. The van der Waals surface area contributed by atoms with Crippen LogP contribution in [0, 0.1) is 17.7 Å². The second-order valence-electron chi connectivity index (χ2n) is 6.37. The van der Waals surface area contributed by atoms with Crippen molar-refractivity contribution in [2.75, 3.05) is 24.6 Å². The van der Waals surface area contributed by atoms with Gasteiger partial charge in [0.2, 0.25) is 0 Å². The predicted octanol–water partition coefficient (Wildman–Crippen LogP) is 2.94. The molecule has 1 unspecified atom stereocenters. The van der Waals surface area contributed by atoms with Gasteiger partial charge >= 0.3 is 6.03 Å². The molecule has 1 aromatic carbocycles. The highest BCUT2D eigenvalue weighted by atomic mass is 19.1. The summed E-state index contributed by atoms with van der Waals surface area (Å²) in [5.74, 6) is 0.468. The lowest BCUT2D eigenvalue weighted by molar-refractivity contribution is 0.228. The average molecular weight is 308 g/mol. The second kappa shape index (κ2) is 7.58. The summed E-state index contributed by atoms with van der Waals surface area (Å²) in [5, 5.41) is 12.1. The van der Waals surface area contributed by atoms with Gasteiger partial charge in [-0.1, -0.05) is 19.9 Å². The maximum absolute atomic E-state index is 13.4. The third-order valence-corrected chi connectivity index (χ3v) is 4.07. The Bertz CT molecular complexity index is 519. The molecule has 0 bridgehead atoms. The molecule has 2 rings (SSSR count). The molecule has 22 heavy (non-hydrogen) atoms. The van der Waals surface area contributed by atoms with Crippen molar-refractivity contribution in [3.63, 3.8) is 0 Å². The maximum Gasteiger partial charge on any atom is 0.321 e. The van der Waals surface area contributed by atoms with E-state index in [1.165, 1.54) is 12.1 Å². The molecule has 1 atom stereocenters. The molecule has 0 saturated heterocycles. The summed E-state index contributed by atoms with van der Waals surface area (Å²) in [6.07, 6.45) is 2.41. The molecule has 1 aliphatic rings. The number of hydrogen-bond acceptors (Lipinski definition) is 2. The highest BCUT2D eigenvalue weighted by Gasteiger charge is 2.25. The Kier molecular flexibility index (Phi) is 5.77. The molecule has 0 fully saturated rings. The van der Waals surface area contributed by atoms with Gasteiger partial charge in [0.05, 0.1) is 5.69 Å². The Morgan fingerprint density at radius 1 is 1.45 bits per heavy atom. The average Bonchev–Trinajstić information content (AvgIpc) is 2.87. The van der Waals surface area contributed by atoms with Crippen LogP contribution in [0.2, 0.25) is 0 Å². The Labute approximate surface area is 131 Å². The van der Waals surface area contributed by atoms with Crippen LogP contribution in [0.15, 0.2) is 18.2 Å². The fourth-order valence-corrected chi connectivity index (χ4v) is 3.04. The van der Waals surface area contributed by atoms with E-state index in [2.05, 4.69) is 19.2 Å². The van der Waals surface area contributed by atoms with Crippen molar-refractivity contribution >= 4 is 11.7 Å². The van der Waals surface area contributed by atoms with E-state index < -0.39 is 0 Å². The number of aliphatic hydroxyl groups is 1. The number of anilines is 1. The number of aliphatic hydroxyl groups excluding tert-OH is 1. The van der Waals surface area contributed by atoms with Gasteiger partial charge in [-0.05, 0) is 48.8 Å². The molecule has 0 radical (unpaired) electrons. The summed E-state index contributed by atoms with van der Waals surface area (Å²) in [4.78, 5) is 13.9. The van der Waals surface area contributed by atoms with Gasteiger partial charge in [-0.25, -0.2) is 9.18 Å². The van der Waals surface area contributed by atoms with Gasteiger partial charge < -0.3 is 10.4 Å². The molecule has 0 aromatic heterocycles. The molecular weight excluding hydrogens is 283 g/mol. The van der Waals surface area contributed by atoms with E-state index in [1.54, 1.807) is 11.0 Å². The molecule has 1 heterocycles. The van der Waals surface area contributed by atoms with Gasteiger partial charge in [0.25, 0.3) is 0 Å². The van der Waals surface area contributed by atoms with Crippen LogP contribution in [-0.2, 0) is 6.42 Å². The van der Waals surface area contributed by atoms with Crippen molar-refractivity contribution in [3.8, 4) is 0 Å². The van der Waals surface area contributed by atoms with E-state index in [0.717, 1.165) is 18.4 Å². The lowest BCUT2D eigenvalue weighted by Crippen LogP contribution is -2.41. The smallest absolute Gasteiger partial charge is 0.321 e. The number of rotatable bonds is 6. The summed E-state index contributed by atoms with van der Waals surface area (Å²) >= 11 is 0. The zero-order valence-corrected chi connectivity index (χ0v) is 13.3. The second-order valence-corrected chi connectivity index (χ2v) is 6.37. The first-order valence-electron chi connectivity index (χ1n) is 7.96. The summed E-state index contributed by atoms with van der Waals surface area (Å²) in [7, 11) is 0. The zero-order chi connectivity index (χ0) is 16.1. The fraction of sp³-hybridized carbons (Fsp3) is 0.588. The monoisotopic (exact) mass is 308 g/mol. The van der Waals surface area contributed by atoms with Gasteiger partial charge in [-0.15, -0.1) is 0 Å². The van der Waals surface area contributed by atoms with E-state index in [1.807, 2.05) is 0 Å². The Hall–Kier alpha value is -1.62. The van der Waals surface area contributed by atoms with Gasteiger partial charge in [0.15, 0.2) is 0 Å². The zero-order valence-electron chi connectivity index (χ0n) is 13.3. The maximum atomic E-state index is 13.4. The number of amides is 2. The van der Waals surface area contributed by atoms with E-state index in [-0.39, 0.29) is 24.4 Å². The van der Waals surface area contributed by atoms with Crippen LogP contribution in [0.5, 0.6) is 0 Å². The molecular formula is C17H25FN2O2. The third-order valence-electron chi connectivity index (χ3n) is 4.07. The van der Waals surface area contributed by atoms with Gasteiger partial charge in [-0.3, -0.25) is 4.90 Å². The lowest BCUT2D eigenvalue weighted by Gasteiger charge is -2.22. The summed E-state index contributed by atoms with van der Waals surface area (Å²) in [6.45, 7) is 5.51. The number of benzene rings is 1. The van der Waals surface area contributed by atoms with Crippen molar-refractivity contribution in [3.05, 3.63) is 29.6 Å². The van der Waals surface area contributed by atoms with Crippen LogP contribution in [0.1, 0.15) is 32.3 Å². The molecule has 2 N–H and O–H groups in total. The Morgan fingerprint density at radius 2 is 2.23 bits per heavy atom. The van der Waals surface area contributed by atoms with Gasteiger partial charge in [-0.2, -0.15) is 0 Å². The number of urea groups is 1. The first-order valence-corrected chi connectivity index (χ1v) is 7.96. The first kappa shape index (κ1) is 16.7. The Balaban J connectivity index is 1.94. The van der Waals surface area contributed by atoms with Crippen LogP contribution in [0.3, 0.4) is 0 Å². The van der Waals surface area contributed by atoms with E-state index in [0.29, 0.717) is 31.1 Å². The largest absolute Gasteiger partial charge is 0.396 e. The van der Waals surface area contributed by atoms with E-state index >= 15 is 0 Å². The molecule has 4 nitrogen and oxygen atoms in total. The van der Waals surface area contributed by atoms with Gasteiger partial charge in [0.1, 0.15) is 5.82 Å². The third kappa shape index (κ3) is 4.19. The number of nitrogens with one attached hydrogen (secondary N) is 1. The molecule has 122 valence electrons. The van der Waals surface area contributed by atoms with Crippen LogP contribution >= 0.6 is 0 Å². The van der Waals surface area contributed by atoms with E-state index in [4.69, 9.17) is 5.11 Å². The molecule has 1 aromatic rings. The minimum atomic E-state index is -0.323. The highest BCUT2D eigenvalue weighted by Crippen LogP contribution is 2.28. The predicted molar refractivity (Wildman–Crippen MR) is 85.5 cm³/mol. The first-order chi connectivity index (χ1) is 10.5. The number of hydrogen-bond donors (Lipinski definition) is 2. The van der Waals surface area contributed by atoms with E-state index in [9.17, 15) is 9.18 Å². The minimum absolute atomic E-state index is 0.130. The normalized spacial score (nSPS) is 15.0. The molecule has 1 aliphatic heterocycles. The van der Waals surface area contributed by atoms with Crippen LogP contribution in [0.4, 0.5) is 14.9 Å². The summed E-state index contributed by atoms with van der Waals surface area (Å²) < 4.78 is 13.4. The van der Waals surface area contributed by atoms with Crippen molar-refractivity contribution < 1.29 is 14.3 Å². The number of halogens is 1. The quantitative estimate of drug-likeness (QED) is 0.849. The lowest BCUT2D eigenvalue weighted by atomic mass is 9.94. The molecule has 0 aliphatic carbocycles. The van der Waals surface area contributed by atoms with Crippen molar-refractivity contribution in [1.82, 2.24) is 5.32 Å². The fourth-order valence-electron chi connectivity index (χ4n) is 3.04. The molecule has 0 spiro atoms. The molecule has 5 heteroatoms. The number of fused-ring (bicyclic) bond motifs is 1.